The van der Waals surface area contributed by atoms with Gasteiger partial charge in [-0.3, -0.25) is 9.36 Å². The van der Waals surface area contributed by atoms with Crippen LogP contribution in [0.3, 0.4) is 0 Å². The molecule has 2 saturated heterocycles. The summed E-state index contributed by atoms with van der Waals surface area (Å²) in [5, 5.41) is 0. The Morgan fingerprint density at radius 2 is 2.00 bits per heavy atom. The lowest BCUT2D eigenvalue weighted by Crippen LogP contribution is -2.39. The summed E-state index contributed by atoms with van der Waals surface area (Å²) < 4.78 is 19.1. The fourth-order valence-corrected chi connectivity index (χ4v) is 3.09. The number of primary amides is 1. The predicted molar refractivity (Wildman–Crippen MR) is 76.7 cm³/mol. The molecule has 4 atom stereocenters. The third-order valence-corrected chi connectivity index (χ3v) is 3.97. The number of anilines is 1. The lowest BCUT2D eigenvalue weighted by molar-refractivity contribution is -0.196. The Labute approximate surface area is 130 Å². The quantitative estimate of drug-likeness (QED) is 0.741. The number of carbonyl (C=O) groups excluding carboxylic acids is 1. The molecule has 0 aliphatic carbocycles. The van der Waals surface area contributed by atoms with Crippen LogP contribution in [-0.2, 0) is 19.0 Å². The summed E-state index contributed by atoms with van der Waals surface area (Å²) in [6.07, 6.45) is 0.182. The molecule has 4 rings (SSSR count). The van der Waals surface area contributed by atoms with Crippen LogP contribution in [0.1, 0.15) is 20.1 Å². The molecule has 1 amide bonds. The molecule has 0 bridgehead atoms. The van der Waals surface area contributed by atoms with Crippen molar-refractivity contribution in [3.63, 3.8) is 0 Å². The van der Waals surface area contributed by atoms with Gasteiger partial charge in [-0.15, -0.1) is 0 Å². The zero-order valence-corrected chi connectivity index (χ0v) is 12.5. The molecule has 10 heteroatoms. The summed E-state index contributed by atoms with van der Waals surface area (Å²) in [4.78, 5) is 24.0. The molecule has 0 spiro atoms. The molecule has 2 aromatic heterocycles. The van der Waals surface area contributed by atoms with Gasteiger partial charge in [-0.2, -0.15) is 0 Å². The average Bonchev–Trinajstić information content (AvgIpc) is 3.09. The van der Waals surface area contributed by atoms with Crippen molar-refractivity contribution in [3.8, 4) is 0 Å². The van der Waals surface area contributed by atoms with Crippen LogP contribution in [0, 0.1) is 0 Å². The van der Waals surface area contributed by atoms with E-state index in [-0.39, 0.29) is 5.82 Å². The number of carbonyl (C=O) groups is 1. The van der Waals surface area contributed by atoms with Crippen LogP contribution in [0.2, 0.25) is 0 Å². The number of nitrogens with zero attached hydrogens (tertiary/aromatic N) is 4. The van der Waals surface area contributed by atoms with Crippen LogP contribution in [0.5, 0.6) is 0 Å². The maximum Gasteiger partial charge on any atom is 0.249 e. The standard InChI is InChI=1S/C13H16N6O4/c1-13(2)22-6-7(10(15)20)21-12(8(6)23-13)19-4-18-5-9(14)16-3-17-11(5)19/h3-4,6-8,12H,1-2H3,(H2,15,20)(H2,14,16,17). The highest BCUT2D eigenvalue weighted by Gasteiger charge is 2.57. The van der Waals surface area contributed by atoms with E-state index in [1.165, 1.54) is 12.7 Å². The van der Waals surface area contributed by atoms with E-state index in [1.54, 1.807) is 18.4 Å². The summed E-state index contributed by atoms with van der Waals surface area (Å²) in [6.45, 7) is 3.54. The highest BCUT2D eigenvalue weighted by Crippen LogP contribution is 2.43. The van der Waals surface area contributed by atoms with E-state index in [0.29, 0.717) is 11.2 Å². The number of fused-ring (bicyclic) bond motifs is 2. The maximum atomic E-state index is 11.7. The molecule has 4 heterocycles. The molecule has 2 aliphatic rings. The first-order chi connectivity index (χ1) is 10.9. The van der Waals surface area contributed by atoms with Crippen molar-refractivity contribution >= 4 is 22.9 Å². The van der Waals surface area contributed by atoms with E-state index in [1.807, 2.05) is 0 Å². The van der Waals surface area contributed by atoms with Crippen molar-refractivity contribution in [3.05, 3.63) is 12.7 Å². The molecule has 4 N–H and O–H groups in total. The molecular formula is C13H16N6O4. The van der Waals surface area contributed by atoms with Crippen LogP contribution in [0.4, 0.5) is 5.82 Å². The van der Waals surface area contributed by atoms with E-state index < -0.39 is 36.2 Å². The predicted octanol–water partition coefficient (Wildman–Crippen LogP) is -0.689. The van der Waals surface area contributed by atoms with Gasteiger partial charge in [0.15, 0.2) is 29.6 Å². The van der Waals surface area contributed by atoms with Crippen LogP contribution in [0.25, 0.3) is 11.2 Å². The van der Waals surface area contributed by atoms with Gasteiger partial charge < -0.3 is 25.7 Å². The number of nitrogen functional groups attached to an aromatic ring is 1. The molecule has 2 fully saturated rings. The zero-order valence-electron chi connectivity index (χ0n) is 12.5. The number of hydrogen-bond acceptors (Lipinski definition) is 8. The van der Waals surface area contributed by atoms with Crippen molar-refractivity contribution in [1.29, 1.82) is 0 Å². The molecule has 23 heavy (non-hydrogen) atoms. The number of nitrogens with two attached hydrogens (primary N) is 2. The Kier molecular flexibility index (Phi) is 2.86. The zero-order chi connectivity index (χ0) is 16.4. The molecule has 10 nitrogen and oxygen atoms in total. The van der Waals surface area contributed by atoms with Gasteiger partial charge in [-0.05, 0) is 13.8 Å². The Morgan fingerprint density at radius 3 is 2.74 bits per heavy atom. The summed E-state index contributed by atoms with van der Waals surface area (Å²) in [5.41, 5.74) is 12.2. The maximum absolute atomic E-state index is 11.7. The number of hydrogen-bond donors (Lipinski definition) is 2. The first-order valence-electron chi connectivity index (χ1n) is 7.11. The van der Waals surface area contributed by atoms with E-state index in [4.69, 9.17) is 25.7 Å². The summed E-state index contributed by atoms with van der Waals surface area (Å²) in [7, 11) is 0. The smallest absolute Gasteiger partial charge is 0.249 e. The molecular weight excluding hydrogens is 304 g/mol. The highest BCUT2D eigenvalue weighted by atomic mass is 16.8. The van der Waals surface area contributed by atoms with Gasteiger partial charge in [0.25, 0.3) is 0 Å². The third-order valence-electron chi connectivity index (χ3n) is 3.97. The fraction of sp³-hybridized carbons (Fsp3) is 0.538. The Balaban J connectivity index is 1.78. The van der Waals surface area contributed by atoms with Gasteiger partial charge in [0.2, 0.25) is 5.91 Å². The fourth-order valence-electron chi connectivity index (χ4n) is 3.09. The first-order valence-corrected chi connectivity index (χ1v) is 7.11. The summed E-state index contributed by atoms with van der Waals surface area (Å²) in [5.74, 6) is -1.18. The van der Waals surface area contributed by atoms with Crippen LogP contribution >= 0.6 is 0 Å². The largest absolute Gasteiger partial charge is 0.382 e. The van der Waals surface area contributed by atoms with Crippen LogP contribution < -0.4 is 11.5 Å². The third kappa shape index (κ3) is 2.06. The number of imidazole rings is 1. The lowest BCUT2D eigenvalue weighted by atomic mass is 10.1. The minimum atomic E-state index is -0.914. The molecule has 0 aromatic carbocycles. The van der Waals surface area contributed by atoms with Crippen molar-refractivity contribution < 1.29 is 19.0 Å². The van der Waals surface area contributed by atoms with Gasteiger partial charge in [0, 0.05) is 0 Å². The Morgan fingerprint density at radius 1 is 1.26 bits per heavy atom. The monoisotopic (exact) mass is 320 g/mol. The number of rotatable bonds is 2. The minimum absolute atomic E-state index is 0.263. The molecule has 2 aliphatic heterocycles. The number of aromatic nitrogens is 4. The van der Waals surface area contributed by atoms with Crippen LogP contribution in [-0.4, -0.2) is 49.5 Å². The minimum Gasteiger partial charge on any atom is -0.382 e. The van der Waals surface area contributed by atoms with Gasteiger partial charge in [0.05, 0.1) is 6.33 Å². The Hall–Kier alpha value is -2.30. The highest BCUT2D eigenvalue weighted by molar-refractivity contribution is 5.82. The van der Waals surface area contributed by atoms with E-state index in [0.717, 1.165) is 0 Å². The summed E-state index contributed by atoms with van der Waals surface area (Å²) in [6, 6.07) is 0. The van der Waals surface area contributed by atoms with Crippen molar-refractivity contribution in [2.45, 2.75) is 44.2 Å². The van der Waals surface area contributed by atoms with E-state index >= 15 is 0 Å². The van der Waals surface area contributed by atoms with E-state index in [9.17, 15) is 4.79 Å². The second kappa shape index (κ2) is 4.60. The van der Waals surface area contributed by atoms with E-state index in [2.05, 4.69) is 15.0 Å². The second-order valence-electron chi connectivity index (χ2n) is 6.00. The summed E-state index contributed by atoms with van der Waals surface area (Å²) >= 11 is 0. The molecule has 122 valence electrons. The van der Waals surface area contributed by atoms with Gasteiger partial charge >= 0.3 is 0 Å². The van der Waals surface area contributed by atoms with Gasteiger partial charge in [0.1, 0.15) is 24.1 Å². The second-order valence-corrected chi connectivity index (χ2v) is 6.00. The van der Waals surface area contributed by atoms with Gasteiger partial charge in [-0.1, -0.05) is 0 Å². The molecule has 2 aromatic rings. The first kappa shape index (κ1) is 14.3. The lowest BCUT2D eigenvalue weighted by Gasteiger charge is -2.23. The molecule has 4 unspecified atom stereocenters. The SMILES string of the molecule is CC1(C)OC2C(C(N)=O)OC(n3cnc4c(N)ncnc43)C2O1. The average molecular weight is 320 g/mol. The number of ether oxygens (including phenoxy) is 3. The van der Waals surface area contributed by atoms with Crippen molar-refractivity contribution in [1.82, 2.24) is 19.5 Å². The number of amides is 1. The Bertz CT molecular complexity index is 790. The molecule has 0 saturated carbocycles. The van der Waals surface area contributed by atoms with Gasteiger partial charge in [-0.25, -0.2) is 15.0 Å². The van der Waals surface area contributed by atoms with Crippen molar-refractivity contribution in [2.24, 2.45) is 5.73 Å². The molecule has 0 radical (unpaired) electrons. The topological polar surface area (TPSA) is 140 Å². The normalized spacial score (nSPS) is 32.3. The van der Waals surface area contributed by atoms with Crippen LogP contribution in [0.15, 0.2) is 12.7 Å². The van der Waals surface area contributed by atoms with Crippen molar-refractivity contribution in [2.75, 3.05) is 5.73 Å².